The van der Waals surface area contributed by atoms with Crippen LogP contribution in [0.3, 0.4) is 0 Å². The quantitative estimate of drug-likeness (QED) is 0.873. The fourth-order valence-corrected chi connectivity index (χ4v) is 1.80. The average molecular weight is 270 g/mol. The number of pyridine rings is 1. The van der Waals surface area contributed by atoms with E-state index in [-0.39, 0.29) is 5.91 Å². The van der Waals surface area contributed by atoms with Gasteiger partial charge in [0.1, 0.15) is 5.82 Å². The number of nitrogens with one attached hydrogen (secondary N) is 1. The van der Waals surface area contributed by atoms with E-state index in [2.05, 4.69) is 10.3 Å². The second-order valence-electron chi connectivity index (χ2n) is 4.38. The summed E-state index contributed by atoms with van der Waals surface area (Å²) in [5.74, 6) is 0.415. The largest absolute Gasteiger partial charge is 0.343 e. The third-order valence-electron chi connectivity index (χ3n) is 2.92. The zero-order chi connectivity index (χ0) is 14.4. The summed E-state index contributed by atoms with van der Waals surface area (Å²) >= 11 is 0. The van der Waals surface area contributed by atoms with E-state index in [1.165, 1.54) is 0 Å². The van der Waals surface area contributed by atoms with Crippen molar-refractivity contribution in [2.45, 2.75) is 6.42 Å². The standard InChI is InChI=1S/C15H18N4O/c1-19(12-5-3-2-4-6-12)13-7-8-14(17-11-13)18-15(20)9-10-16/h2-8,11H,9-10,16H2,1H3,(H,17,18,20). The first-order chi connectivity index (χ1) is 9.70. The van der Waals surface area contributed by atoms with E-state index in [1.54, 1.807) is 12.3 Å². The Bertz CT molecular complexity index is 554. The Morgan fingerprint density at radius 1 is 1.20 bits per heavy atom. The molecule has 2 aromatic rings. The number of benzene rings is 1. The van der Waals surface area contributed by atoms with Gasteiger partial charge in [-0.1, -0.05) is 18.2 Å². The van der Waals surface area contributed by atoms with Gasteiger partial charge in [-0.05, 0) is 24.3 Å². The molecule has 0 spiro atoms. The minimum atomic E-state index is -0.121. The van der Waals surface area contributed by atoms with Crippen LogP contribution in [0.5, 0.6) is 0 Å². The van der Waals surface area contributed by atoms with Crippen molar-refractivity contribution in [3.63, 3.8) is 0 Å². The minimum Gasteiger partial charge on any atom is -0.343 e. The van der Waals surface area contributed by atoms with E-state index < -0.39 is 0 Å². The molecule has 3 N–H and O–H groups in total. The zero-order valence-electron chi connectivity index (χ0n) is 11.4. The first kappa shape index (κ1) is 14.0. The number of amides is 1. The maximum atomic E-state index is 11.4. The zero-order valence-corrected chi connectivity index (χ0v) is 11.4. The third-order valence-corrected chi connectivity index (χ3v) is 2.92. The number of aromatic nitrogens is 1. The molecule has 1 heterocycles. The van der Waals surface area contributed by atoms with Crippen molar-refractivity contribution in [3.8, 4) is 0 Å². The van der Waals surface area contributed by atoms with Crippen molar-refractivity contribution >= 4 is 23.1 Å². The first-order valence-electron chi connectivity index (χ1n) is 6.45. The Hall–Kier alpha value is -2.40. The lowest BCUT2D eigenvalue weighted by molar-refractivity contribution is -0.116. The van der Waals surface area contributed by atoms with Crippen molar-refractivity contribution in [2.75, 3.05) is 23.8 Å². The van der Waals surface area contributed by atoms with Crippen molar-refractivity contribution in [2.24, 2.45) is 5.73 Å². The van der Waals surface area contributed by atoms with Gasteiger partial charge >= 0.3 is 0 Å². The predicted octanol–water partition coefficient (Wildman–Crippen LogP) is 2.14. The Balaban J connectivity index is 2.06. The van der Waals surface area contributed by atoms with Crippen LogP contribution in [-0.2, 0) is 4.79 Å². The summed E-state index contributed by atoms with van der Waals surface area (Å²) in [5.41, 5.74) is 7.35. The first-order valence-corrected chi connectivity index (χ1v) is 6.45. The number of carbonyl (C=O) groups excluding carboxylic acids is 1. The molecular weight excluding hydrogens is 252 g/mol. The van der Waals surface area contributed by atoms with Gasteiger partial charge in [0.15, 0.2) is 0 Å². The van der Waals surface area contributed by atoms with Gasteiger partial charge in [-0.15, -0.1) is 0 Å². The third kappa shape index (κ3) is 3.55. The lowest BCUT2D eigenvalue weighted by atomic mass is 10.2. The van der Waals surface area contributed by atoms with Gasteiger partial charge in [0.2, 0.25) is 5.91 Å². The van der Waals surface area contributed by atoms with Gasteiger partial charge in [0.05, 0.1) is 11.9 Å². The number of nitrogens with two attached hydrogens (primary N) is 1. The summed E-state index contributed by atoms with van der Waals surface area (Å²) in [6.07, 6.45) is 2.03. The predicted molar refractivity (Wildman–Crippen MR) is 81.0 cm³/mol. The average Bonchev–Trinajstić information content (AvgIpc) is 2.48. The maximum absolute atomic E-state index is 11.4. The summed E-state index contributed by atoms with van der Waals surface area (Å²) < 4.78 is 0. The molecule has 0 aliphatic heterocycles. The Kier molecular flexibility index (Phi) is 4.68. The van der Waals surface area contributed by atoms with E-state index in [0.717, 1.165) is 11.4 Å². The lowest BCUT2D eigenvalue weighted by Crippen LogP contribution is -2.17. The van der Waals surface area contributed by atoms with Gasteiger partial charge in [-0.25, -0.2) is 4.98 Å². The molecule has 104 valence electrons. The highest BCUT2D eigenvalue weighted by atomic mass is 16.1. The molecule has 0 aliphatic rings. The number of rotatable bonds is 5. The van der Waals surface area contributed by atoms with E-state index in [0.29, 0.717) is 18.8 Å². The van der Waals surface area contributed by atoms with Crippen LogP contribution in [0.2, 0.25) is 0 Å². The van der Waals surface area contributed by atoms with Gasteiger partial charge in [-0.2, -0.15) is 0 Å². The summed E-state index contributed by atoms with van der Waals surface area (Å²) in [5, 5.41) is 2.70. The summed E-state index contributed by atoms with van der Waals surface area (Å²) in [7, 11) is 1.97. The Labute approximate surface area is 118 Å². The van der Waals surface area contributed by atoms with Crippen LogP contribution in [0.25, 0.3) is 0 Å². The monoisotopic (exact) mass is 270 g/mol. The summed E-state index contributed by atoms with van der Waals surface area (Å²) in [6, 6.07) is 13.7. The smallest absolute Gasteiger partial charge is 0.226 e. The SMILES string of the molecule is CN(c1ccccc1)c1ccc(NC(=O)CCN)nc1. The molecule has 5 heteroatoms. The molecule has 0 atom stereocenters. The van der Waals surface area contributed by atoms with Crippen LogP contribution in [0.15, 0.2) is 48.7 Å². The number of carbonyl (C=O) groups is 1. The minimum absolute atomic E-state index is 0.121. The van der Waals surface area contributed by atoms with E-state index in [9.17, 15) is 4.79 Å². The lowest BCUT2D eigenvalue weighted by Gasteiger charge is -2.19. The Morgan fingerprint density at radius 2 is 1.95 bits per heavy atom. The molecule has 0 bridgehead atoms. The van der Waals surface area contributed by atoms with Crippen LogP contribution in [0.4, 0.5) is 17.2 Å². The highest BCUT2D eigenvalue weighted by Gasteiger charge is 2.05. The van der Waals surface area contributed by atoms with E-state index >= 15 is 0 Å². The molecule has 1 aromatic heterocycles. The molecule has 0 radical (unpaired) electrons. The molecule has 2 rings (SSSR count). The number of para-hydroxylation sites is 1. The molecule has 5 nitrogen and oxygen atoms in total. The van der Waals surface area contributed by atoms with Gasteiger partial charge in [-0.3, -0.25) is 4.79 Å². The topological polar surface area (TPSA) is 71.2 Å². The van der Waals surface area contributed by atoms with Crippen LogP contribution in [0, 0.1) is 0 Å². The molecule has 1 amide bonds. The van der Waals surface area contributed by atoms with Crippen molar-refractivity contribution < 1.29 is 4.79 Å². The fourth-order valence-electron chi connectivity index (χ4n) is 1.80. The second-order valence-corrected chi connectivity index (χ2v) is 4.38. The van der Waals surface area contributed by atoms with Crippen molar-refractivity contribution in [1.29, 1.82) is 0 Å². The fraction of sp³-hybridized carbons (Fsp3) is 0.200. The number of hydrogen-bond acceptors (Lipinski definition) is 4. The van der Waals surface area contributed by atoms with Gasteiger partial charge in [0.25, 0.3) is 0 Å². The maximum Gasteiger partial charge on any atom is 0.226 e. The molecule has 1 aromatic carbocycles. The van der Waals surface area contributed by atoms with Crippen molar-refractivity contribution in [3.05, 3.63) is 48.7 Å². The number of hydrogen-bond donors (Lipinski definition) is 2. The summed E-state index contributed by atoms with van der Waals surface area (Å²) in [6.45, 7) is 0.334. The highest BCUT2D eigenvalue weighted by molar-refractivity contribution is 5.89. The highest BCUT2D eigenvalue weighted by Crippen LogP contribution is 2.22. The molecule has 0 fully saturated rings. The molecule has 0 saturated carbocycles. The van der Waals surface area contributed by atoms with Gasteiger partial charge in [0, 0.05) is 25.7 Å². The molecule has 0 unspecified atom stereocenters. The van der Waals surface area contributed by atoms with E-state index in [1.807, 2.05) is 48.3 Å². The van der Waals surface area contributed by atoms with Gasteiger partial charge < -0.3 is 16.0 Å². The second kappa shape index (κ2) is 6.68. The number of anilines is 3. The van der Waals surface area contributed by atoms with Crippen LogP contribution >= 0.6 is 0 Å². The Morgan fingerprint density at radius 3 is 2.55 bits per heavy atom. The van der Waals surface area contributed by atoms with Crippen LogP contribution in [-0.4, -0.2) is 24.5 Å². The van der Waals surface area contributed by atoms with E-state index in [4.69, 9.17) is 5.73 Å². The molecule has 20 heavy (non-hydrogen) atoms. The number of nitrogens with zero attached hydrogens (tertiary/aromatic N) is 2. The van der Waals surface area contributed by atoms with Crippen LogP contribution in [0.1, 0.15) is 6.42 Å². The normalized spacial score (nSPS) is 10.1. The van der Waals surface area contributed by atoms with Crippen LogP contribution < -0.4 is 16.0 Å². The molecular formula is C15H18N4O. The molecule has 0 saturated heterocycles. The summed E-state index contributed by atoms with van der Waals surface area (Å²) in [4.78, 5) is 17.7. The molecule has 0 aliphatic carbocycles. The van der Waals surface area contributed by atoms with Crippen molar-refractivity contribution in [1.82, 2.24) is 4.98 Å².